The molecule has 2 N–H and O–H groups in total. The molecule has 0 saturated heterocycles. The van der Waals surface area contributed by atoms with Crippen molar-refractivity contribution in [2.75, 3.05) is 28.7 Å². The molecule has 2 aromatic carbocycles. The molecule has 0 unspecified atom stereocenters. The van der Waals surface area contributed by atoms with Gasteiger partial charge in [0.1, 0.15) is 5.75 Å². The highest BCUT2D eigenvalue weighted by Gasteiger charge is 2.06. The van der Waals surface area contributed by atoms with Crippen molar-refractivity contribution in [2.45, 2.75) is 6.92 Å². The fraction of sp³-hybridized carbons (Fsp3) is 0.222. The van der Waals surface area contributed by atoms with E-state index in [0.29, 0.717) is 12.3 Å². The summed E-state index contributed by atoms with van der Waals surface area (Å²) in [5.41, 5.74) is 1.46. The zero-order chi connectivity index (χ0) is 17.2. The third-order valence-corrected chi connectivity index (χ3v) is 3.91. The number of carbonyl (C=O) groups is 2. The zero-order valence-electron chi connectivity index (χ0n) is 13.5. The van der Waals surface area contributed by atoms with Crippen LogP contribution in [0.2, 0.25) is 0 Å². The van der Waals surface area contributed by atoms with Gasteiger partial charge in [0, 0.05) is 11.4 Å². The highest BCUT2D eigenvalue weighted by atomic mass is 32.2. The molecule has 0 spiro atoms. The van der Waals surface area contributed by atoms with Gasteiger partial charge in [0.15, 0.2) is 0 Å². The van der Waals surface area contributed by atoms with Gasteiger partial charge in [-0.05, 0) is 43.3 Å². The topological polar surface area (TPSA) is 67.4 Å². The van der Waals surface area contributed by atoms with Gasteiger partial charge in [0.05, 0.1) is 18.1 Å². The van der Waals surface area contributed by atoms with E-state index in [4.69, 9.17) is 4.74 Å². The van der Waals surface area contributed by atoms with E-state index in [-0.39, 0.29) is 23.3 Å². The SMILES string of the molecule is CCOc1ccc(NC(=O)CSCC(=O)Nc2ccccc2)cc1. The minimum absolute atomic E-state index is 0.125. The number of benzene rings is 2. The van der Waals surface area contributed by atoms with Crippen molar-refractivity contribution in [3.05, 3.63) is 54.6 Å². The summed E-state index contributed by atoms with van der Waals surface area (Å²) in [6.07, 6.45) is 0. The monoisotopic (exact) mass is 344 g/mol. The molecule has 0 aliphatic heterocycles. The molecule has 0 fully saturated rings. The largest absolute Gasteiger partial charge is 0.494 e. The second-order valence-corrected chi connectivity index (χ2v) is 5.90. The first kappa shape index (κ1) is 17.9. The van der Waals surface area contributed by atoms with Crippen LogP contribution in [0.3, 0.4) is 0 Å². The van der Waals surface area contributed by atoms with Crippen LogP contribution in [0.4, 0.5) is 11.4 Å². The molecule has 0 heterocycles. The number of thioether (sulfide) groups is 1. The van der Waals surface area contributed by atoms with Crippen molar-refractivity contribution in [3.8, 4) is 5.75 Å². The Labute approximate surface area is 145 Å². The fourth-order valence-corrected chi connectivity index (χ4v) is 2.57. The van der Waals surface area contributed by atoms with Crippen LogP contribution in [-0.4, -0.2) is 29.9 Å². The summed E-state index contributed by atoms with van der Waals surface area (Å²) in [6.45, 7) is 2.52. The van der Waals surface area contributed by atoms with Crippen molar-refractivity contribution in [2.24, 2.45) is 0 Å². The van der Waals surface area contributed by atoms with E-state index in [1.165, 1.54) is 11.8 Å². The molecule has 24 heavy (non-hydrogen) atoms. The normalized spacial score (nSPS) is 10.0. The molecule has 126 valence electrons. The first-order valence-electron chi connectivity index (χ1n) is 7.62. The highest BCUT2D eigenvalue weighted by molar-refractivity contribution is 8.00. The molecule has 0 radical (unpaired) electrons. The van der Waals surface area contributed by atoms with E-state index in [2.05, 4.69) is 10.6 Å². The summed E-state index contributed by atoms with van der Waals surface area (Å²) in [7, 11) is 0. The predicted octanol–water partition coefficient (Wildman–Crippen LogP) is 3.40. The summed E-state index contributed by atoms with van der Waals surface area (Å²) >= 11 is 1.27. The smallest absolute Gasteiger partial charge is 0.234 e. The third-order valence-electron chi connectivity index (χ3n) is 2.97. The van der Waals surface area contributed by atoms with Crippen molar-refractivity contribution in [1.29, 1.82) is 0 Å². The number of hydrogen-bond acceptors (Lipinski definition) is 4. The summed E-state index contributed by atoms with van der Waals surface area (Å²) in [6, 6.07) is 16.4. The van der Waals surface area contributed by atoms with Crippen LogP contribution in [0.25, 0.3) is 0 Å². The Morgan fingerprint density at radius 2 is 1.42 bits per heavy atom. The quantitative estimate of drug-likeness (QED) is 0.770. The van der Waals surface area contributed by atoms with Gasteiger partial charge in [-0.2, -0.15) is 0 Å². The molecule has 0 aromatic heterocycles. The average Bonchev–Trinajstić information content (AvgIpc) is 2.58. The fourth-order valence-electron chi connectivity index (χ4n) is 1.95. The van der Waals surface area contributed by atoms with Crippen LogP contribution in [-0.2, 0) is 9.59 Å². The van der Waals surface area contributed by atoms with Gasteiger partial charge in [0.25, 0.3) is 0 Å². The Morgan fingerprint density at radius 3 is 1.96 bits per heavy atom. The molecule has 0 bridgehead atoms. The third kappa shape index (κ3) is 6.34. The second kappa shape index (κ2) is 9.62. The minimum atomic E-state index is -0.142. The lowest BCUT2D eigenvalue weighted by Crippen LogP contribution is -2.18. The van der Waals surface area contributed by atoms with Gasteiger partial charge in [-0.3, -0.25) is 9.59 Å². The second-order valence-electron chi connectivity index (χ2n) is 4.91. The molecule has 2 amide bonds. The van der Waals surface area contributed by atoms with E-state index in [1.54, 1.807) is 24.3 Å². The molecule has 2 rings (SSSR count). The van der Waals surface area contributed by atoms with Crippen molar-refractivity contribution >= 4 is 35.0 Å². The number of anilines is 2. The number of amides is 2. The van der Waals surface area contributed by atoms with Crippen LogP contribution in [0.5, 0.6) is 5.75 Å². The average molecular weight is 344 g/mol. The van der Waals surface area contributed by atoms with Crippen LogP contribution < -0.4 is 15.4 Å². The number of rotatable bonds is 8. The minimum Gasteiger partial charge on any atom is -0.494 e. The van der Waals surface area contributed by atoms with Crippen LogP contribution in [0, 0.1) is 0 Å². The molecule has 6 heteroatoms. The molecule has 0 atom stereocenters. The maximum Gasteiger partial charge on any atom is 0.234 e. The van der Waals surface area contributed by atoms with Gasteiger partial charge < -0.3 is 15.4 Å². The standard InChI is InChI=1S/C18H20N2O3S/c1-2-23-16-10-8-15(9-11-16)20-18(22)13-24-12-17(21)19-14-6-4-3-5-7-14/h3-11H,2,12-13H2,1H3,(H,19,21)(H,20,22). The van der Waals surface area contributed by atoms with Crippen molar-refractivity contribution in [1.82, 2.24) is 0 Å². The van der Waals surface area contributed by atoms with Gasteiger partial charge in [-0.1, -0.05) is 18.2 Å². The van der Waals surface area contributed by atoms with Crippen molar-refractivity contribution in [3.63, 3.8) is 0 Å². The zero-order valence-corrected chi connectivity index (χ0v) is 14.3. The molecule has 2 aromatic rings. The number of carbonyl (C=O) groups excluding carboxylic acids is 2. The highest BCUT2D eigenvalue weighted by Crippen LogP contribution is 2.16. The lowest BCUT2D eigenvalue weighted by atomic mass is 10.3. The summed E-state index contributed by atoms with van der Waals surface area (Å²) in [4.78, 5) is 23.6. The first-order valence-corrected chi connectivity index (χ1v) is 8.78. The molecule has 0 saturated carbocycles. The van der Waals surface area contributed by atoms with Gasteiger partial charge in [-0.15, -0.1) is 11.8 Å². The predicted molar refractivity (Wildman–Crippen MR) is 98.6 cm³/mol. The number of ether oxygens (including phenoxy) is 1. The van der Waals surface area contributed by atoms with Gasteiger partial charge in [-0.25, -0.2) is 0 Å². The van der Waals surface area contributed by atoms with Gasteiger partial charge in [0.2, 0.25) is 11.8 Å². The van der Waals surface area contributed by atoms with E-state index in [0.717, 1.165) is 11.4 Å². The lowest BCUT2D eigenvalue weighted by molar-refractivity contribution is -0.114. The number of nitrogens with one attached hydrogen (secondary N) is 2. The Balaban J connectivity index is 1.68. The lowest BCUT2D eigenvalue weighted by Gasteiger charge is -2.07. The van der Waals surface area contributed by atoms with E-state index < -0.39 is 0 Å². The van der Waals surface area contributed by atoms with Crippen molar-refractivity contribution < 1.29 is 14.3 Å². The molecule has 0 aliphatic rings. The maximum absolute atomic E-state index is 11.9. The van der Waals surface area contributed by atoms with Crippen LogP contribution in [0.15, 0.2) is 54.6 Å². The summed E-state index contributed by atoms with van der Waals surface area (Å²) in [5, 5.41) is 5.57. The van der Waals surface area contributed by atoms with Gasteiger partial charge >= 0.3 is 0 Å². The maximum atomic E-state index is 11.9. The number of hydrogen-bond donors (Lipinski definition) is 2. The van der Waals surface area contributed by atoms with E-state index in [1.807, 2.05) is 37.3 Å². The van der Waals surface area contributed by atoms with Crippen LogP contribution in [0.1, 0.15) is 6.92 Å². The first-order chi connectivity index (χ1) is 11.7. The van der Waals surface area contributed by atoms with Crippen LogP contribution >= 0.6 is 11.8 Å². The summed E-state index contributed by atoms with van der Waals surface area (Å²) in [5.74, 6) is 0.945. The molecule has 0 aliphatic carbocycles. The molecular weight excluding hydrogens is 324 g/mol. The Morgan fingerprint density at radius 1 is 0.875 bits per heavy atom. The number of para-hydroxylation sites is 1. The molecular formula is C18H20N2O3S. The Bertz CT molecular complexity index is 660. The summed E-state index contributed by atoms with van der Waals surface area (Å²) < 4.78 is 5.34. The van der Waals surface area contributed by atoms with E-state index in [9.17, 15) is 9.59 Å². The molecule has 5 nitrogen and oxygen atoms in total. The van der Waals surface area contributed by atoms with E-state index >= 15 is 0 Å². The Hall–Kier alpha value is -2.47. The Kier molecular flexibility index (Phi) is 7.17.